The van der Waals surface area contributed by atoms with Crippen molar-refractivity contribution in [1.29, 1.82) is 0 Å². The number of rotatable bonds is 2. The summed E-state index contributed by atoms with van der Waals surface area (Å²) < 4.78 is 5.21. The molecule has 0 aromatic rings. The molecule has 3 heteroatoms. The normalized spacial score (nSPS) is 44.8. The molecular formula is C11H21NOS. The Morgan fingerprint density at radius 2 is 1.93 bits per heavy atom. The van der Waals surface area contributed by atoms with Crippen LogP contribution in [0, 0.1) is 11.8 Å². The fourth-order valence-corrected chi connectivity index (χ4v) is 4.12. The molecule has 4 unspecified atom stereocenters. The van der Waals surface area contributed by atoms with E-state index in [2.05, 4.69) is 25.6 Å². The first-order chi connectivity index (χ1) is 6.66. The molecule has 2 aliphatic rings. The molecule has 1 aliphatic heterocycles. The highest BCUT2D eigenvalue weighted by molar-refractivity contribution is 8.00. The van der Waals surface area contributed by atoms with Gasteiger partial charge in [-0.25, -0.2) is 0 Å². The van der Waals surface area contributed by atoms with Gasteiger partial charge in [0.25, 0.3) is 0 Å². The molecule has 2 fully saturated rings. The Kier molecular flexibility index (Phi) is 3.40. The van der Waals surface area contributed by atoms with Gasteiger partial charge >= 0.3 is 0 Å². The Hall–Kier alpha value is 0.270. The second-order valence-electron chi connectivity index (χ2n) is 4.98. The lowest BCUT2D eigenvalue weighted by atomic mass is 9.80. The van der Waals surface area contributed by atoms with Gasteiger partial charge in [0.1, 0.15) is 0 Å². The molecule has 0 aromatic heterocycles. The molecule has 82 valence electrons. The monoisotopic (exact) mass is 215 g/mol. The van der Waals surface area contributed by atoms with Crippen LogP contribution < -0.4 is 5.73 Å². The minimum absolute atomic E-state index is 0.402. The highest BCUT2D eigenvalue weighted by atomic mass is 32.2. The second-order valence-corrected chi connectivity index (χ2v) is 6.46. The SMILES string of the molecule is CC1CC(C)C(SC2COC2)C(N)C1. The summed E-state index contributed by atoms with van der Waals surface area (Å²) in [6.07, 6.45) is 2.55. The zero-order valence-electron chi connectivity index (χ0n) is 9.11. The molecule has 4 atom stereocenters. The van der Waals surface area contributed by atoms with Crippen molar-refractivity contribution in [1.82, 2.24) is 0 Å². The van der Waals surface area contributed by atoms with E-state index in [-0.39, 0.29) is 0 Å². The van der Waals surface area contributed by atoms with Crippen molar-refractivity contribution < 1.29 is 4.74 Å². The van der Waals surface area contributed by atoms with Gasteiger partial charge in [-0.2, -0.15) is 0 Å². The Balaban J connectivity index is 1.87. The average Bonchev–Trinajstić information content (AvgIpc) is 1.98. The van der Waals surface area contributed by atoms with E-state index in [1.165, 1.54) is 12.8 Å². The molecule has 2 N–H and O–H groups in total. The maximum atomic E-state index is 6.23. The fourth-order valence-electron chi connectivity index (χ4n) is 2.64. The third-order valence-corrected chi connectivity index (χ3v) is 5.17. The predicted molar refractivity (Wildman–Crippen MR) is 61.5 cm³/mol. The van der Waals surface area contributed by atoms with E-state index in [0.29, 0.717) is 11.3 Å². The standard InChI is InChI=1S/C11H21NOS/c1-7-3-8(2)11(10(12)4-7)14-9-5-13-6-9/h7-11H,3-6,12H2,1-2H3. The van der Waals surface area contributed by atoms with Gasteiger partial charge in [0, 0.05) is 11.3 Å². The van der Waals surface area contributed by atoms with E-state index < -0.39 is 0 Å². The summed E-state index contributed by atoms with van der Waals surface area (Å²) in [5, 5.41) is 1.39. The van der Waals surface area contributed by atoms with Gasteiger partial charge in [-0.3, -0.25) is 0 Å². The van der Waals surface area contributed by atoms with Crippen molar-refractivity contribution in [3.63, 3.8) is 0 Å². The smallest absolute Gasteiger partial charge is 0.0608 e. The molecule has 0 radical (unpaired) electrons. The summed E-state index contributed by atoms with van der Waals surface area (Å²) in [5.41, 5.74) is 6.23. The quantitative estimate of drug-likeness (QED) is 0.764. The first kappa shape index (κ1) is 10.8. The lowest BCUT2D eigenvalue weighted by Gasteiger charge is -2.40. The molecule has 1 heterocycles. The number of hydrogen-bond acceptors (Lipinski definition) is 3. The number of ether oxygens (including phenoxy) is 1. The zero-order valence-corrected chi connectivity index (χ0v) is 9.93. The second kappa shape index (κ2) is 4.42. The Bertz CT molecular complexity index is 184. The first-order valence-electron chi connectivity index (χ1n) is 5.65. The van der Waals surface area contributed by atoms with Crippen molar-refractivity contribution in [3.8, 4) is 0 Å². The average molecular weight is 215 g/mol. The van der Waals surface area contributed by atoms with E-state index in [9.17, 15) is 0 Å². The molecule has 0 amide bonds. The summed E-state index contributed by atoms with van der Waals surface area (Å²) in [6, 6.07) is 0.402. The fraction of sp³-hybridized carbons (Fsp3) is 1.00. The van der Waals surface area contributed by atoms with Gasteiger partial charge in [0.2, 0.25) is 0 Å². The topological polar surface area (TPSA) is 35.2 Å². The molecular weight excluding hydrogens is 194 g/mol. The molecule has 2 nitrogen and oxygen atoms in total. The first-order valence-corrected chi connectivity index (χ1v) is 6.60. The van der Waals surface area contributed by atoms with Crippen LogP contribution in [0.25, 0.3) is 0 Å². The number of nitrogens with two attached hydrogens (primary N) is 1. The van der Waals surface area contributed by atoms with E-state index in [1.807, 2.05) is 0 Å². The lowest BCUT2D eigenvalue weighted by molar-refractivity contribution is 0.0448. The van der Waals surface area contributed by atoms with Crippen LogP contribution in [0.15, 0.2) is 0 Å². The summed E-state index contributed by atoms with van der Waals surface area (Å²) in [6.45, 7) is 6.56. The maximum absolute atomic E-state index is 6.23. The number of thioether (sulfide) groups is 1. The Morgan fingerprint density at radius 3 is 2.43 bits per heavy atom. The largest absolute Gasteiger partial charge is 0.379 e. The Morgan fingerprint density at radius 1 is 1.21 bits per heavy atom. The van der Waals surface area contributed by atoms with Gasteiger partial charge in [0.15, 0.2) is 0 Å². The van der Waals surface area contributed by atoms with Crippen molar-refractivity contribution >= 4 is 11.8 Å². The van der Waals surface area contributed by atoms with Crippen LogP contribution in [0.5, 0.6) is 0 Å². The van der Waals surface area contributed by atoms with Crippen LogP contribution in [-0.4, -0.2) is 29.8 Å². The predicted octanol–water partition coefficient (Wildman–Crippen LogP) is 1.88. The van der Waals surface area contributed by atoms with Crippen LogP contribution in [0.3, 0.4) is 0 Å². The van der Waals surface area contributed by atoms with Crippen LogP contribution in [0.2, 0.25) is 0 Å². The minimum Gasteiger partial charge on any atom is -0.379 e. The van der Waals surface area contributed by atoms with Crippen molar-refractivity contribution in [2.45, 2.75) is 43.2 Å². The third kappa shape index (κ3) is 2.26. The summed E-state index contributed by atoms with van der Waals surface area (Å²) >= 11 is 2.08. The molecule has 0 bridgehead atoms. The van der Waals surface area contributed by atoms with Gasteiger partial charge < -0.3 is 10.5 Å². The minimum atomic E-state index is 0.402. The molecule has 1 saturated carbocycles. The van der Waals surface area contributed by atoms with Gasteiger partial charge in [-0.15, -0.1) is 11.8 Å². The summed E-state index contributed by atoms with van der Waals surface area (Å²) in [4.78, 5) is 0. The summed E-state index contributed by atoms with van der Waals surface area (Å²) in [5.74, 6) is 1.59. The lowest BCUT2D eigenvalue weighted by Crippen LogP contribution is -2.46. The van der Waals surface area contributed by atoms with Crippen LogP contribution in [0.4, 0.5) is 0 Å². The van der Waals surface area contributed by atoms with Gasteiger partial charge in [-0.05, 0) is 24.7 Å². The van der Waals surface area contributed by atoms with Gasteiger partial charge in [-0.1, -0.05) is 13.8 Å². The van der Waals surface area contributed by atoms with E-state index in [1.54, 1.807) is 0 Å². The zero-order chi connectivity index (χ0) is 10.1. The van der Waals surface area contributed by atoms with Crippen molar-refractivity contribution in [3.05, 3.63) is 0 Å². The third-order valence-electron chi connectivity index (χ3n) is 3.39. The van der Waals surface area contributed by atoms with Gasteiger partial charge in [0.05, 0.1) is 18.5 Å². The van der Waals surface area contributed by atoms with E-state index in [4.69, 9.17) is 10.5 Å². The van der Waals surface area contributed by atoms with Crippen molar-refractivity contribution in [2.75, 3.05) is 13.2 Å². The molecule has 14 heavy (non-hydrogen) atoms. The van der Waals surface area contributed by atoms with Crippen molar-refractivity contribution in [2.24, 2.45) is 17.6 Å². The highest BCUT2D eigenvalue weighted by Gasteiger charge is 2.35. The maximum Gasteiger partial charge on any atom is 0.0608 e. The molecule has 2 rings (SSSR count). The van der Waals surface area contributed by atoms with E-state index in [0.717, 1.165) is 30.3 Å². The van der Waals surface area contributed by atoms with Crippen LogP contribution in [0.1, 0.15) is 26.7 Å². The van der Waals surface area contributed by atoms with Crippen LogP contribution >= 0.6 is 11.8 Å². The Labute approximate surface area is 91.0 Å². The number of hydrogen-bond donors (Lipinski definition) is 1. The van der Waals surface area contributed by atoms with E-state index >= 15 is 0 Å². The molecule has 0 aromatic carbocycles. The molecule has 1 saturated heterocycles. The molecule has 0 spiro atoms. The molecule has 1 aliphatic carbocycles. The summed E-state index contributed by atoms with van der Waals surface area (Å²) in [7, 11) is 0. The van der Waals surface area contributed by atoms with Crippen LogP contribution in [-0.2, 0) is 4.74 Å². The highest BCUT2D eigenvalue weighted by Crippen LogP contribution is 2.38.